The van der Waals surface area contributed by atoms with Gasteiger partial charge in [-0.2, -0.15) is 0 Å². The molecule has 1 radical (unpaired) electrons. The Morgan fingerprint density at radius 1 is 1.05 bits per heavy atom. The molecule has 0 unspecified atom stereocenters. The first kappa shape index (κ1) is 13.1. The van der Waals surface area contributed by atoms with Gasteiger partial charge in [-0.1, -0.05) is 47.6 Å². The summed E-state index contributed by atoms with van der Waals surface area (Å²) in [5.74, 6) is 0.800. The van der Waals surface area contributed by atoms with Crippen LogP contribution >= 0.6 is 0 Å². The number of para-hydroxylation sites is 1. The summed E-state index contributed by atoms with van der Waals surface area (Å²) in [5, 5.41) is 3.87. The van der Waals surface area contributed by atoms with E-state index in [0.29, 0.717) is 6.61 Å². The maximum absolute atomic E-state index is 5.26. The van der Waals surface area contributed by atoms with Crippen molar-refractivity contribution >= 4 is 6.21 Å². The summed E-state index contributed by atoms with van der Waals surface area (Å²) in [6.45, 7) is 2.38. The minimum Gasteiger partial charge on any atom is -0.496 e. The summed E-state index contributed by atoms with van der Waals surface area (Å²) in [6.07, 6.45) is 2.88. The number of aryl methyl sites for hydroxylation is 1. The van der Waals surface area contributed by atoms with E-state index in [0.717, 1.165) is 22.4 Å². The van der Waals surface area contributed by atoms with E-state index in [2.05, 4.69) is 11.4 Å². The van der Waals surface area contributed by atoms with Crippen molar-refractivity contribution in [2.75, 3.05) is 7.11 Å². The van der Waals surface area contributed by atoms with Crippen molar-refractivity contribution in [1.82, 2.24) is 0 Å². The molecule has 0 bridgehead atoms. The van der Waals surface area contributed by atoms with E-state index in [1.807, 2.05) is 55.5 Å². The molecule has 0 atom stereocenters. The number of benzene rings is 2. The third kappa shape index (κ3) is 3.58. The van der Waals surface area contributed by atoms with Gasteiger partial charge in [-0.3, -0.25) is 0 Å². The van der Waals surface area contributed by atoms with E-state index in [1.54, 1.807) is 7.11 Å². The van der Waals surface area contributed by atoms with Gasteiger partial charge in [0.25, 0.3) is 0 Å². The molecular formula is C16H16NO2. The first-order chi connectivity index (χ1) is 9.31. The molecule has 0 saturated carbocycles. The lowest BCUT2D eigenvalue weighted by atomic mass is 10.1. The molecule has 0 spiro atoms. The van der Waals surface area contributed by atoms with Gasteiger partial charge in [0.15, 0.2) is 0 Å². The SMILES string of the molecule is COc1ccccc1CO/N=[C]\c1ccccc1C. The van der Waals surface area contributed by atoms with Gasteiger partial charge in [0.05, 0.1) is 7.11 Å². The number of nitrogens with zero attached hydrogens (tertiary/aromatic N) is 1. The number of hydrogen-bond acceptors (Lipinski definition) is 3. The first-order valence-corrected chi connectivity index (χ1v) is 6.07. The van der Waals surface area contributed by atoms with Gasteiger partial charge in [-0.25, -0.2) is 0 Å². The predicted octanol–water partition coefficient (Wildman–Crippen LogP) is 3.43. The van der Waals surface area contributed by atoms with Gasteiger partial charge in [0.2, 0.25) is 0 Å². The van der Waals surface area contributed by atoms with Crippen molar-refractivity contribution in [2.24, 2.45) is 5.16 Å². The smallest absolute Gasteiger partial charge is 0.145 e. The van der Waals surface area contributed by atoms with Crippen LogP contribution in [0.3, 0.4) is 0 Å². The zero-order valence-electron chi connectivity index (χ0n) is 11.1. The largest absolute Gasteiger partial charge is 0.496 e. The van der Waals surface area contributed by atoms with E-state index >= 15 is 0 Å². The van der Waals surface area contributed by atoms with Gasteiger partial charge < -0.3 is 9.57 Å². The molecule has 3 nitrogen and oxygen atoms in total. The van der Waals surface area contributed by atoms with Gasteiger partial charge in [-0.05, 0) is 18.6 Å². The lowest BCUT2D eigenvalue weighted by Crippen LogP contribution is -1.93. The quantitative estimate of drug-likeness (QED) is 0.604. The van der Waals surface area contributed by atoms with Crippen LogP contribution in [0.15, 0.2) is 53.7 Å². The lowest BCUT2D eigenvalue weighted by Gasteiger charge is -2.06. The van der Waals surface area contributed by atoms with Crippen LogP contribution in [0.25, 0.3) is 0 Å². The van der Waals surface area contributed by atoms with Crippen LogP contribution in [0.2, 0.25) is 0 Å². The third-order valence-electron chi connectivity index (χ3n) is 2.79. The van der Waals surface area contributed by atoms with Crippen molar-refractivity contribution in [2.45, 2.75) is 13.5 Å². The van der Waals surface area contributed by atoms with Gasteiger partial charge >= 0.3 is 0 Å². The van der Waals surface area contributed by atoms with Crippen LogP contribution in [0.4, 0.5) is 0 Å². The first-order valence-electron chi connectivity index (χ1n) is 6.07. The molecule has 0 aromatic heterocycles. The summed E-state index contributed by atoms with van der Waals surface area (Å²) in [7, 11) is 1.64. The van der Waals surface area contributed by atoms with E-state index in [9.17, 15) is 0 Å². The Labute approximate surface area is 113 Å². The Hall–Kier alpha value is -2.29. The van der Waals surface area contributed by atoms with Gasteiger partial charge in [0.1, 0.15) is 18.6 Å². The average Bonchev–Trinajstić information content (AvgIpc) is 2.45. The van der Waals surface area contributed by atoms with Gasteiger partial charge in [-0.15, -0.1) is 0 Å². The van der Waals surface area contributed by atoms with Crippen molar-refractivity contribution < 1.29 is 9.57 Å². The molecule has 0 aliphatic rings. The summed E-state index contributed by atoms with van der Waals surface area (Å²) < 4.78 is 5.24. The molecule has 0 fully saturated rings. The minimum atomic E-state index is 0.364. The molecule has 2 aromatic rings. The monoisotopic (exact) mass is 254 g/mol. The molecule has 0 amide bonds. The zero-order valence-corrected chi connectivity index (χ0v) is 11.1. The molecule has 3 heteroatoms. The molecule has 0 heterocycles. The number of methoxy groups -OCH3 is 1. The maximum Gasteiger partial charge on any atom is 0.145 e. The van der Waals surface area contributed by atoms with E-state index in [-0.39, 0.29) is 0 Å². The molecule has 2 aromatic carbocycles. The summed E-state index contributed by atoms with van der Waals surface area (Å²) in [4.78, 5) is 5.26. The highest BCUT2D eigenvalue weighted by atomic mass is 16.6. The van der Waals surface area contributed by atoms with E-state index in [4.69, 9.17) is 9.57 Å². The summed E-state index contributed by atoms with van der Waals surface area (Å²) >= 11 is 0. The third-order valence-corrected chi connectivity index (χ3v) is 2.79. The van der Waals surface area contributed by atoms with E-state index in [1.165, 1.54) is 0 Å². The molecule has 0 aliphatic heterocycles. The Bertz CT molecular complexity index is 564. The molecule has 19 heavy (non-hydrogen) atoms. The molecule has 97 valence electrons. The second-order valence-corrected chi connectivity index (χ2v) is 4.10. The predicted molar refractivity (Wildman–Crippen MR) is 75.5 cm³/mol. The van der Waals surface area contributed by atoms with Crippen molar-refractivity contribution in [3.8, 4) is 5.75 Å². The zero-order chi connectivity index (χ0) is 13.5. The van der Waals surface area contributed by atoms with Gasteiger partial charge in [0, 0.05) is 11.1 Å². The Balaban J connectivity index is 1.95. The van der Waals surface area contributed by atoms with Crippen LogP contribution in [0.5, 0.6) is 5.75 Å². The Morgan fingerprint density at radius 3 is 2.58 bits per heavy atom. The highest BCUT2D eigenvalue weighted by molar-refractivity contribution is 5.81. The highest BCUT2D eigenvalue weighted by Crippen LogP contribution is 2.18. The minimum absolute atomic E-state index is 0.364. The fourth-order valence-corrected chi connectivity index (χ4v) is 1.70. The Kier molecular flexibility index (Phi) is 4.56. The van der Waals surface area contributed by atoms with Crippen molar-refractivity contribution in [1.29, 1.82) is 0 Å². The summed E-state index contributed by atoms with van der Waals surface area (Å²) in [6, 6.07) is 15.6. The van der Waals surface area contributed by atoms with Crippen LogP contribution < -0.4 is 4.74 Å². The average molecular weight is 254 g/mol. The highest BCUT2D eigenvalue weighted by Gasteiger charge is 2.01. The Morgan fingerprint density at radius 2 is 1.79 bits per heavy atom. The number of rotatable bonds is 5. The number of hydrogen-bond donors (Lipinski definition) is 0. The second-order valence-electron chi connectivity index (χ2n) is 4.10. The normalized spacial score (nSPS) is 10.6. The lowest BCUT2D eigenvalue weighted by molar-refractivity contribution is 0.130. The molecular weight excluding hydrogens is 238 g/mol. The molecule has 0 aliphatic carbocycles. The van der Waals surface area contributed by atoms with Crippen LogP contribution in [0.1, 0.15) is 16.7 Å². The molecule has 0 saturated heterocycles. The molecule has 0 N–H and O–H groups in total. The van der Waals surface area contributed by atoms with Crippen molar-refractivity contribution in [3.05, 3.63) is 65.2 Å². The standard InChI is InChI=1S/C16H16NO2/c1-13-7-3-4-8-14(13)11-17-19-12-15-9-5-6-10-16(15)18-2/h3-10H,12H2,1-2H3. The fraction of sp³-hybridized carbons (Fsp3) is 0.188. The van der Waals surface area contributed by atoms with Crippen LogP contribution in [-0.2, 0) is 11.4 Å². The van der Waals surface area contributed by atoms with Crippen LogP contribution in [0, 0.1) is 6.92 Å². The van der Waals surface area contributed by atoms with E-state index < -0.39 is 0 Å². The fourth-order valence-electron chi connectivity index (χ4n) is 1.70. The topological polar surface area (TPSA) is 30.8 Å². The van der Waals surface area contributed by atoms with Crippen molar-refractivity contribution in [3.63, 3.8) is 0 Å². The number of ether oxygens (including phenoxy) is 1. The summed E-state index contributed by atoms with van der Waals surface area (Å²) in [5.41, 5.74) is 3.01. The molecule has 2 rings (SSSR count). The van der Waals surface area contributed by atoms with Crippen LogP contribution in [-0.4, -0.2) is 13.3 Å². The maximum atomic E-state index is 5.26. The second kappa shape index (κ2) is 6.59.